The Hall–Kier alpha value is -1.49. The number of likely N-dealkylation sites (N-methyl/N-ethyl adjacent to an activating group) is 1. The maximum absolute atomic E-state index is 11.7. The Morgan fingerprint density at radius 2 is 1.94 bits per heavy atom. The van der Waals surface area contributed by atoms with Crippen LogP contribution in [0.5, 0.6) is 0 Å². The van der Waals surface area contributed by atoms with Gasteiger partial charge in [-0.1, -0.05) is 13.8 Å². The highest BCUT2D eigenvalue weighted by molar-refractivity contribution is 5.95. The predicted molar refractivity (Wildman–Crippen MR) is 60.7 cm³/mol. The van der Waals surface area contributed by atoms with Crippen molar-refractivity contribution in [3.8, 4) is 0 Å². The molecule has 0 aromatic heterocycles. The van der Waals surface area contributed by atoms with Gasteiger partial charge in [0, 0.05) is 25.6 Å². The van der Waals surface area contributed by atoms with Crippen LogP contribution < -0.4 is 5.73 Å². The number of carbonyl (C=O) groups is 3. The molecule has 90 valence electrons. The number of Topliss-reactive ketones (excluding diaryl/α,β-unsaturated/α-hetero) is 1. The third kappa shape index (κ3) is 3.94. The number of amides is 1. The number of hydrogen-bond donors (Lipinski definition) is 1. The summed E-state index contributed by atoms with van der Waals surface area (Å²) in [4.78, 5) is 34.5. The van der Waals surface area contributed by atoms with Crippen LogP contribution in [0.1, 0.15) is 13.8 Å². The molecule has 16 heavy (non-hydrogen) atoms. The van der Waals surface area contributed by atoms with Gasteiger partial charge in [-0.2, -0.15) is 0 Å². The maximum Gasteiger partial charge on any atom is 0.247 e. The van der Waals surface area contributed by atoms with Crippen LogP contribution in [0.2, 0.25) is 0 Å². The summed E-state index contributed by atoms with van der Waals surface area (Å²) >= 11 is 0. The van der Waals surface area contributed by atoms with Gasteiger partial charge in [0.05, 0.1) is 0 Å². The van der Waals surface area contributed by atoms with Crippen molar-refractivity contribution in [2.45, 2.75) is 19.9 Å². The lowest BCUT2D eigenvalue weighted by Crippen LogP contribution is -2.48. The van der Waals surface area contributed by atoms with E-state index in [1.165, 1.54) is 11.9 Å². The Morgan fingerprint density at radius 3 is 2.31 bits per heavy atom. The first-order valence-electron chi connectivity index (χ1n) is 5.08. The largest absolute Gasteiger partial charge is 0.331 e. The highest BCUT2D eigenvalue weighted by Crippen LogP contribution is 2.05. The second-order valence-electron chi connectivity index (χ2n) is 3.75. The highest BCUT2D eigenvalue weighted by Gasteiger charge is 2.25. The standard InChI is InChI=1S/C11H18N2O3/c1-8(2)11(16)9(7-12)13(3)10(15)5-4-6-14/h4-6,8-9H,7,12H2,1-3H3/b5-4-. The summed E-state index contributed by atoms with van der Waals surface area (Å²) < 4.78 is 0. The minimum atomic E-state index is -0.635. The number of rotatable bonds is 6. The van der Waals surface area contributed by atoms with E-state index >= 15 is 0 Å². The van der Waals surface area contributed by atoms with Gasteiger partial charge in [-0.05, 0) is 6.08 Å². The van der Waals surface area contributed by atoms with Gasteiger partial charge in [0.25, 0.3) is 0 Å². The van der Waals surface area contributed by atoms with Gasteiger partial charge in [0.15, 0.2) is 5.78 Å². The first-order chi connectivity index (χ1) is 7.45. The first-order valence-corrected chi connectivity index (χ1v) is 5.08. The quantitative estimate of drug-likeness (QED) is 0.500. The lowest BCUT2D eigenvalue weighted by molar-refractivity contribution is -0.135. The van der Waals surface area contributed by atoms with Crippen LogP contribution in [0.3, 0.4) is 0 Å². The van der Waals surface area contributed by atoms with Crippen LogP contribution in [0.4, 0.5) is 0 Å². The summed E-state index contributed by atoms with van der Waals surface area (Å²) in [6, 6.07) is -0.635. The molecule has 2 N–H and O–H groups in total. The third-order valence-electron chi connectivity index (χ3n) is 2.25. The van der Waals surface area contributed by atoms with Crippen molar-refractivity contribution in [1.82, 2.24) is 4.90 Å². The third-order valence-corrected chi connectivity index (χ3v) is 2.25. The van der Waals surface area contributed by atoms with Crippen molar-refractivity contribution in [3.05, 3.63) is 12.2 Å². The zero-order chi connectivity index (χ0) is 12.7. The number of carbonyl (C=O) groups excluding carboxylic acids is 3. The summed E-state index contributed by atoms with van der Waals surface area (Å²) in [6.45, 7) is 3.59. The van der Waals surface area contributed by atoms with E-state index in [9.17, 15) is 14.4 Å². The normalized spacial score (nSPS) is 12.8. The number of ketones is 1. The van der Waals surface area contributed by atoms with Gasteiger partial charge in [0.1, 0.15) is 12.3 Å². The van der Waals surface area contributed by atoms with Crippen LogP contribution in [0, 0.1) is 5.92 Å². The van der Waals surface area contributed by atoms with E-state index in [-0.39, 0.29) is 18.2 Å². The van der Waals surface area contributed by atoms with Crippen LogP contribution in [0.15, 0.2) is 12.2 Å². The van der Waals surface area contributed by atoms with Crippen LogP contribution >= 0.6 is 0 Å². The molecule has 0 aromatic rings. The fraction of sp³-hybridized carbons (Fsp3) is 0.545. The summed E-state index contributed by atoms with van der Waals surface area (Å²) in [5.41, 5.74) is 5.47. The molecule has 0 aromatic carbocycles. The molecule has 5 heteroatoms. The van der Waals surface area contributed by atoms with Crippen molar-refractivity contribution < 1.29 is 14.4 Å². The van der Waals surface area contributed by atoms with Gasteiger partial charge >= 0.3 is 0 Å². The lowest BCUT2D eigenvalue weighted by atomic mass is 10.0. The average Bonchev–Trinajstić information content (AvgIpc) is 2.26. The van der Waals surface area contributed by atoms with E-state index in [2.05, 4.69) is 0 Å². The van der Waals surface area contributed by atoms with Crippen LogP contribution in [-0.2, 0) is 14.4 Å². The first kappa shape index (κ1) is 14.5. The van der Waals surface area contributed by atoms with Gasteiger partial charge in [-0.25, -0.2) is 0 Å². The monoisotopic (exact) mass is 226 g/mol. The fourth-order valence-electron chi connectivity index (χ4n) is 1.24. The van der Waals surface area contributed by atoms with Gasteiger partial charge in [-0.3, -0.25) is 14.4 Å². The molecule has 1 amide bonds. The Morgan fingerprint density at radius 1 is 1.38 bits per heavy atom. The molecular formula is C11H18N2O3. The lowest BCUT2D eigenvalue weighted by Gasteiger charge is -2.26. The fourth-order valence-corrected chi connectivity index (χ4v) is 1.24. The molecule has 0 bridgehead atoms. The maximum atomic E-state index is 11.7. The number of aldehydes is 1. The van der Waals surface area contributed by atoms with Gasteiger partial charge < -0.3 is 10.6 Å². The van der Waals surface area contributed by atoms with E-state index in [4.69, 9.17) is 5.73 Å². The molecule has 5 nitrogen and oxygen atoms in total. The predicted octanol–water partition coefficient (Wildman–Crippen LogP) is -0.248. The minimum absolute atomic E-state index is 0.0776. The van der Waals surface area contributed by atoms with E-state index in [1.54, 1.807) is 13.8 Å². The highest BCUT2D eigenvalue weighted by atomic mass is 16.2. The molecule has 0 saturated carbocycles. The van der Waals surface area contributed by atoms with E-state index in [1.807, 2.05) is 0 Å². The van der Waals surface area contributed by atoms with Crippen molar-refractivity contribution in [1.29, 1.82) is 0 Å². The summed E-state index contributed by atoms with van der Waals surface area (Å²) in [7, 11) is 1.50. The van der Waals surface area contributed by atoms with E-state index in [0.29, 0.717) is 6.29 Å². The molecule has 0 saturated heterocycles. The molecule has 0 heterocycles. The van der Waals surface area contributed by atoms with Gasteiger partial charge in [-0.15, -0.1) is 0 Å². The van der Waals surface area contributed by atoms with Crippen molar-refractivity contribution >= 4 is 18.0 Å². The summed E-state index contributed by atoms with van der Waals surface area (Å²) in [5, 5.41) is 0. The SMILES string of the molecule is CC(C)C(=O)C(CN)N(C)C(=O)/C=C\C=O. The molecule has 0 rings (SSSR count). The zero-order valence-corrected chi connectivity index (χ0v) is 9.84. The van der Waals surface area contributed by atoms with Crippen molar-refractivity contribution in [3.63, 3.8) is 0 Å². The molecule has 0 spiro atoms. The smallest absolute Gasteiger partial charge is 0.247 e. The van der Waals surface area contributed by atoms with E-state index < -0.39 is 11.9 Å². The molecule has 1 unspecified atom stereocenters. The topological polar surface area (TPSA) is 80.5 Å². The van der Waals surface area contributed by atoms with E-state index in [0.717, 1.165) is 12.2 Å². The number of hydrogen-bond acceptors (Lipinski definition) is 4. The van der Waals surface area contributed by atoms with Crippen molar-refractivity contribution in [2.24, 2.45) is 11.7 Å². The van der Waals surface area contributed by atoms with Crippen LogP contribution in [-0.4, -0.2) is 42.5 Å². The second kappa shape index (κ2) is 6.90. The molecule has 0 aliphatic carbocycles. The Balaban J connectivity index is 4.71. The molecule has 0 fully saturated rings. The number of nitrogens with zero attached hydrogens (tertiary/aromatic N) is 1. The van der Waals surface area contributed by atoms with Crippen molar-refractivity contribution in [2.75, 3.05) is 13.6 Å². The molecule has 0 aliphatic heterocycles. The minimum Gasteiger partial charge on any atom is -0.331 e. The molecule has 1 atom stereocenters. The van der Waals surface area contributed by atoms with Crippen LogP contribution in [0.25, 0.3) is 0 Å². The summed E-state index contributed by atoms with van der Waals surface area (Å²) in [6.07, 6.45) is 2.71. The molecule has 0 radical (unpaired) electrons. The number of nitrogens with two attached hydrogens (primary N) is 1. The Kier molecular flexibility index (Phi) is 6.25. The number of allylic oxidation sites excluding steroid dienone is 1. The average molecular weight is 226 g/mol. The Bertz CT molecular complexity index is 298. The zero-order valence-electron chi connectivity index (χ0n) is 9.84. The molecule has 0 aliphatic rings. The summed E-state index contributed by atoms with van der Waals surface area (Å²) in [5.74, 6) is -0.673. The molecular weight excluding hydrogens is 208 g/mol. The van der Waals surface area contributed by atoms with Gasteiger partial charge in [0.2, 0.25) is 5.91 Å². The second-order valence-corrected chi connectivity index (χ2v) is 3.75. The Labute approximate surface area is 95.3 Å².